The number of rotatable bonds is 2. The zero-order valence-corrected chi connectivity index (χ0v) is 13.4. The molecule has 1 fully saturated rings. The minimum absolute atomic E-state index is 0.596. The van der Waals surface area contributed by atoms with Crippen LogP contribution in [0.3, 0.4) is 0 Å². The van der Waals surface area contributed by atoms with Crippen LogP contribution >= 0.6 is 0 Å². The first-order valence-corrected chi connectivity index (χ1v) is 8.52. The van der Waals surface area contributed by atoms with Gasteiger partial charge in [0.05, 0.1) is 5.56 Å². The Labute approximate surface area is 140 Å². The third kappa shape index (κ3) is 2.77. The molecule has 2 aliphatic carbocycles. The third-order valence-corrected chi connectivity index (χ3v) is 5.32. The molecule has 2 aromatic carbocycles. The normalized spacial score (nSPS) is 17.9. The largest absolute Gasteiger partial charge is 0.416 e. The van der Waals surface area contributed by atoms with Gasteiger partial charge in [-0.3, -0.25) is 0 Å². The molecule has 1 saturated carbocycles. The lowest BCUT2D eigenvalue weighted by Gasteiger charge is -2.10. The quantitative estimate of drug-likeness (QED) is 0.590. The smallest absolute Gasteiger partial charge is 0.166 e. The lowest BCUT2D eigenvalue weighted by Crippen LogP contribution is -2.04. The van der Waals surface area contributed by atoms with Crippen LogP contribution < -0.4 is 0 Å². The molecule has 0 spiro atoms. The van der Waals surface area contributed by atoms with E-state index in [1.165, 1.54) is 54.5 Å². The Morgan fingerprint density at radius 1 is 0.875 bits per heavy atom. The van der Waals surface area contributed by atoms with Crippen LogP contribution in [0.4, 0.5) is 13.2 Å². The van der Waals surface area contributed by atoms with E-state index in [0.29, 0.717) is 5.92 Å². The SMILES string of the molecule is FC(F)(F)c1ccc(-c2cccc3c2C=C(C2CCCC2)C3)cc1. The first kappa shape index (κ1) is 15.5. The Kier molecular flexibility index (Phi) is 3.75. The number of fused-ring (bicyclic) bond motifs is 1. The van der Waals surface area contributed by atoms with Gasteiger partial charge in [-0.25, -0.2) is 0 Å². The van der Waals surface area contributed by atoms with E-state index in [1.807, 2.05) is 12.1 Å². The van der Waals surface area contributed by atoms with Gasteiger partial charge in [-0.15, -0.1) is 0 Å². The molecule has 0 unspecified atom stereocenters. The molecular weight excluding hydrogens is 309 g/mol. The molecule has 0 atom stereocenters. The van der Waals surface area contributed by atoms with Crippen LogP contribution in [0.15, 0.2) is 48.0 Å². The Morgan fingerprint density at radius 2 is 1.58 bits per heavy atom. The highest BCUT2D eigenvalue weighted by Gasteiger charge is 2.30. The van der Waals surface area contributed by atoms with E-state index in [0.717, 1.165) is 17.5 Å². The maximum Gasteiger partial charge on any atom is 0.416 e. The van der Waals surface area contributed by atoms with E-state index in [9.17, 15) is 13.2 Å². The maximum absolute atomic E-state index is 12.8. The maximum atomic E-state index is 12.8. The van der Waals surface area contributed by atoms with Gasteiger partial charge in [-0.1, -0.05) is 54.8 Å². The van der Waals surface area contributed by atoms with E-state index in [4.69, 9.17) is 0 Å². The van der Waals surface area contributed by atoms with Crippen molar-refractivity contribution >= 4 is 6.08 Å². The summed E-state index contributed by atoms with van der Waals surface area (Å²) in [6.07, 6.45) is 4.17. The number of alkyl halides is 3. The lowest BCUT2D eigenvalue weighted by atomic mass is 9.95. The zero-order chi connectivity index (χ0) is 16.7. The van der Waals surface area contributed by atoms with Gasteiger partial charge in [-0.2, -0.15) is 13.2 Å². The summed E-state index contributed by atoms with van der Waals surface area (Å²) >= 11 is 0. The molecule has 2 aliphatic rings. The van der Waals surface area contributed by atoms with Crippen LogP contribution in [0, 0.1) is 5.92 Å². The van der Waals surface area contributed by atoms with E-state index in [1.54, 1.807) is 12.1 Å². The molecule has 0 saturated heterocycles. The molecule has 0 N–H and O–H groups in total. The molecular formula is C21H19F3. The second-order valence-corrected chi connectivity index (χ2v) is 6.83. The highest BCUT2D eigenvalue weighted by Crippen LogP contribution is 2.41. The molecule has 0 radical (unpaired) electrons. The average molecular weight is 328 g/mol. The fraction of sp³-hybridized carbons (Fsp3) is 0.333. The first-order valence-electron chi connectivity index (χ1n) is 8.52. The molecule has 0 heterocycles. The molecule has 24 heavy (non-hydrogen) atoms. The summed E-state index contributed by atoms with van der Waals surface area (Å²) < 4.78 is 38.3. The Balaban J connectivity index is 1.69. The topological polar surface area (TPSA) is 0 Å². The van der Waals surface area contributed by atoms with Crippen molar-refractivity contribution in [2.45, 2.75) is 38.3 Å². The predicted molar refractivity (Wildman–Crippen MR) is 90.5 cm³/mol. The van der Waals surface area contributed by atoms with Crippen LogP contribution in [-0.2, 0) is 12.6 Å². The summed E-state index contributed by atoms with van der Waals surface area (Å²) in [5.41, 5.74) is 5.29. The molecule has 0 aromatic heterocycles. The third-order valence-electron chi connectivity index (χ3n) is 5.32. The standard InChI is InChI=1S/C21H19F3/c22-21(23,24)18-10-8-15(9-11-18)19-7-3-6-16-12-17(13-20(16)19)14-4-1-2-5-14/h3,6-11,13-14H,1-2,4-5,12H2. The molecule has 124 valence electrons. The van der Waals surface area contributed by atoms with Gasteiger partial charge < -0.3 is 0 Å². The highest BCUT2D eigenvalue weighted by molar-refractivity contribution is 5.81. The predicted octanol–water partition coefficient (Wildman–Crippen LogP) is 6.50. The molecule has 3 heteroatoms. The second kappa shape index (κ2) is 5.80. The van der Waals surface area contributed by atoms with Crippen molar-refractivity contribution in [3.8, 4) is 11.1 Å². The van der Waals surface area contributed by atoms with E-state index >= 15 is 0 Å². The van der Waals surface area contributed by atoms with Crippen molar-refractivity contribution in [3.63, 3.8) is 0 Å². The van der Waals surface area contributed by atoms with Crippen molar-refractivity contribution in [1.82, 2.24) is 0 Å². The van der Waals surface area contributed by atoms with Gasteiger partial charge in [0.15, 0.2) is 0 Å². The molecule has 0 amide bonds. The first-order chi connectivity index (χ1) is 11.5. The van der Waals surface area contributed by atoms with Crippen molar-refractivity contribution in [2.75, 3.05) is 0 Å². The highest BCUT2D eigenvalue weighted by atomic mass is 19.4. The van der Waals surface area contributed by atoms with Crippen LogP contribution in [0.1, 0.15) is 42.4 Å². The number of hydrogen-bond acceptors (Lipinski definition) is 0. The van der Waals surface area contributed by atoms with Gasteiger partial charge in [0.25, 0.3) is 0 Å². The zero-order valence-electron chi connectivity index (χ0n) is 13.4. The number of allylic oxidation sites excluding steroid dienone is 1. The molecule has 0 bridgehead atoms. The van der Waals surface area contributed by atoms with E-state index in [2.05, 4.69) is 12.1 Å². The number of benzene rings is 2. The van der Waals surface area contributed by atoms with E-state index < -0.39 is 11.7 Å². The molecule has 2 aromatic rings. The average Bonchev–Trinajstić information content (AvgIpc) is 3.22. The Morgan fingerprint density at radius 3 is 2.25 bits per heavy atom. The van der Waals surface area contributed by atoms with Crippen LogP contribution in [0.2, 0.25) is 0 Å². The van der Waals surface area contributed by atoms with Crippen LogP contribution in [-0.4, -0.2) is 0 Å². The Bertz CT molecular complexity index is 776. The second-order valence-electron chi connectivity index (χ2n) is 6.83. The summed E-state index contributed by atoms with van der Waals surface area (Å²) in [5, 5.41) is 0. The van der Waals surface area contributed by atoms with Gasteiger partial charge in [-0.05, 0) is 59.6 Å². The van der Waals surface area contributed by atoms with Gasteiger partial charge in [0.1, 0.15) is 0 Å². The summed E-state index contributed by atoms with van der Waals surface area (Å²) in [7, 11) is 0. The summed E-state index contributed by atoms with van der Waals surface area (Å²) in [6, 6.07) is 11.7. The van der Waals surface area contributed by atoms with E-state index in [-0.39, 0.29) is 0 Å². The number of hydrogen-bond donors (Lipinski definition) is 0. The van der Waals surface area contributed by atoms with Crippen LogP contribution in [0.25, 0.3) is 17.2 Å². The number of halogens is 3. The van der Waals surface area contributed by atoms with Crippen molar-refractivity contribution in [3.05, 3.63) is 64.7 Å². The summed E-state index contributed by atoms with van der Waals surface area (Å²) in [6.45, 7) is 0. The van der Waals surface area contributed by atoms with Crippen molar-refractivity contribution in [1.29, 1.82) is 0 Å². The monoisotopic (exact) mass is 328 g/mol. The minimum atomic E-state index is -4.29. The Hall–Kier alpha value is -2.03. The van der Waals surface area contributed by atoms with Crippen molar-refractivity contribution in [2.24, 2.45) is 5.92 Å². The fourth-order valence-corrected chi connectivity index (χ4v) is 4.04. The van der Waals surface area contributed by atoms with Crippen molar-refractivity contribution < 1.29 is 13.2 Å². The summed E-state index contributed by atoms with van der Waals surface area (Å²) in [5.74, 6) is 0.692. The van der Waals surface area contributed by atoms with Gasteiger partial charge in [0, 0.05) is 0 Å². The van der Waals surface area contributed by atoms with Crippen LogP contribution in [0.5, 0.6) is 0 Å². The minimum Gasteiger partial charge on any atom is -0.166 e. The fourth-order valence-electron chi connectivity index (χ4n) is 4.04. The molecule has 4 rings (SSSR count). The summed E-state index contributed by atoms with van der Waals surface area (Å²) in [4.78, 5) is 0. The molecule has 0 nitrogen and oxygen atoms in total. The molecule has 0 aliphatic heterocycles. The van der Waals surface area contributed by atoms with Gasteiger partial charge in [0.2, 0.25) is 0 Å². The van der Waals surface area contributed by atoms with Gasteiger partial charge >= 0.3 is 6.18 Å². The lowest BCUT2D eigenvalue weighted by molar-refractivity contribution is -0.137.